The Labute approximate surface area is 172 Å². The molecule has 0 saturated carbocycles. The van der Waals surface area contributed by atoms with E-state index in [-0.39, 0.29) is 11.4 Å². The van der Waals surface area contributed by atoms with Gasteiger partial charge in [-0.3, -0.25) is 10.1 Å². The Kier molecular flexibility index (Phi) is 6.68. The summed E-state index contributed by atoms with van der Waals surface area (Å²) in [6.07, 6.45) is 1.05. The van der Waals surface area contributed by atoms with Crippen molar-refractivity contribution in [2.24, 2.45) is 0 Å². The van der Waals surface area contributed by atoms with Crippen molar-refractivity contribution in [1.29, 1.82) is 0 Å². The molecule has 0 aliphatic heterocycles. The number of hydrogen-bond acceptors (Lipinski definition) is 6. The van der Waals surface area contributed by atoms with E-state index in [1.165, 1.54) is 35.6 Å². The number of hydrogen-bond donors (Lipinski definition) is 2. The lowest BCUT2D eigenvalue weighted by molar-refractivity contribution is 0.102. The van der Waals surface area contributed by atoms with E-state index in [1.807, 2.05) is 6.92 Å². The van der Waals surface area contributed by atoms with Crippen LogP contribution in [-0.2, 0) is 16.4 Å². The molecule has 0 aliphatic rings. The minimum Gasteiger partial charge on any atom is -0.296 e. The topological polar surface area (TPSA) is 101 Å². The number of carbonyl (C=O) groups excluding carboxylic acids is 1. The summed E-state index contributed by atoms with van der Waals surface area (Å²) < 4.78 is 39.9. The van der Waals surface area contributed by atoms with Crippen LogP contribution in [0.2, 0.25) is 0 Å². The third kappa shape index (κ3) is 5.89. The number of benzene rings is 2. The van der Waals surface area contributed by atoms with Crippen LogP contribution in [0.25, 0.3) is 0 Å². The molecule has 0 unspecified atom stereocenters. The van der Waals surface area contributed by atoms with E-state index in [1.54, 1.807) is 24.3 Å². The van der Waals surface area contributed by atoms with Crippen LogP contribution < -0.4 is 10.0 Å². The van der Waals surface area contributed by atoms with Gasteiger partial charge >= 0.3 is 0 Å². The summed E-state index contributed by atoms with van der Waals surface area (Å²) in [7, 11) is -3.54. The Hall–Kier alpha value is -2.69. The van der Waals surface area contributed by atoms with Gasteiger partial charge in [0.2, 0.25) is 15.2 Å². The molecule has 2 aromatic carbocycles. The zero-order valence-corrected chi connectivity index (χ0v) is 17.2. The molecule has 10 heteroatoms. The standard InChI is InChI=1S/C19H19FN4O3S2/c1-13-4-10-16(11-5-13)29(26,27)21-12-2-3-17-23-24-19(28-17)22-18(25)14-6-8-15(20)9-7-14/h4-11,21H,2-3,12H2,1H3,(H,22,24,25). The van der Waals surface area contributed by atoms with Crippen LogP contribution in [0.5, 0.6) is 0 Å². The van der Waals surface area contributed by atoms with Gasteiger partial charge in [0.15, 0.2) is 0 Å². The van der Waals surface area contributed by atoms with Crippen LogP contribution in [-0.4, -0.2) is 31.1 Å². The molecule has 3 aromatic rings. The van der Waals surface area contributed by atoms with Crippen molar-refractivity contribution in [2.45, 2.75) is 24.7 Å². The Morgan fingerprint density at radius 3 is 2.45 bits per heavy atom. The molecule has 0 radical (unpaired) electrons. The summed E-state index contributed by atoms with van der Waals surface area (Å²) in [4.78, 5) is 12.3. The van der Waals surface area contributed by atoms with E-state index >= 15 is 0 Å². The van der Waals surface area contributed by atoms with E-state index in [0.29, 0.717) is 28.5 Å². The minimum atomic E-state index is -3.54. The van der Waals surface area contributed by atoms with Crippen molar-refractivity contribution in [3.8, 4) is 0 Å². The molecular formula is C19H19FN4O3S2. The second kappa shape index (κ2) is 9.21. The molecule has 0 saturated heterocycles. The first kappa shape index (κ1) is 21.0. The van der Waals surface area contributed by atoms with Crippen molar-refractivity contribution in [2.75, 3.05) is 11.9 Å². The van der Waals surface area contributed by atoms with Gasteiger partial charge < -0.3 is 0 Å². The average Bonchev–Trinajstić information content (AvgIpc) is 3.13. The monoisotopic (exact) mass is 434 g/mol. The number of halogens is 1. The highest BCUT2D eigenvalue weighted by molar-refractivity contribution is 7.89. The molecule has 0 spiro atoms. The van der Waals surface area contributed by atoms with Gasteiger partial charge in [-0.15, -0.1) is 10.2 Å². The molecule has 152 valence electrons. The van der Waals surface area contributed by atoms with Crippen molar-refractivity contribution >= 4 is 32.4 Å². The predicted octanol–water partition coefficient (Wildman–Crippen LogP) is 3.15. The van der Waals surface area contributed by atoms with Crippen LogP contribution in [0, 0.1) is 12.7 Å². The van der Waals surface area contributed by atoms with Crippen LogP contribution in [0.4, 0.5) is 9.52 Å². The second-order valence-corrected chi connectivity index (χ2v) is 9.11. The minimum absolute atomic E-state index is 0.227. The summed E-state index contributed by atoms with van der Waals surface area (Å²) in [6.45, 7) is 2.15. The number of anilines is 1. The number of amides is 1. The molecule has 2 N–H and O–H groups in total. The smallest absolute Gasteiger partial charge is 0.257 e. The lowest BCUT2D eigenvalue weighted by Gasteiger charge is -2.06. The summed E-state index contributed by atoms with van der Waals surface area (Å²) in [6, 6.07) is 11.8. The number of aromatic nitrogens is 2. The summed E-state index contributed by atoms with van der Waals surface area (Å²) in [5, 5.41) is 11.5. The highest BCUT2D eigenvalue weighted by Crippen LogP contribution is 2.18. The Morgan fingerprint density at radius 1 is 1.07 bits per heavy atom. The Balaban J connectivity index is 1.47. The van der Waals surface area contributed by atoms with E-state index < -0.39 is 21.7 Å². The maximum Gasteiger partial charge on any atom is 0.257 e. The first-order valence-corrected chi connectivity index (χ1v) is 11.1. The lowest BCUT2D eigenvalue weighted by Crippen LogP contribution is -2.25. The molecule has 0 aliphatic carbocycles. The summed E-state index contributed by atoms with van der Waals surface area (Å²) >= 11 is 1.21. The predicted molar refractivity (Wildman–Crippen MR) is 109 cm³/mol. The van der Waals surface area contributed by atoms with E-state index in [9.17, 15) is 17.6 Å². The molecule has 3 rings (SSSR count). The van der Waals surface area contributed by atoms with Crippen molar-refractivity contribution < 1.29 is 17.6 Å². The first-order chi connectivity index (χ1) is 13.8. The quantitative estimate of drug-likeness (QED) is 0.531. The van der Waals surface area contributed by atoms with Gasteiger partial charge in [-0.05, 0) is 49.7 Å². The normalized spacial score (nSPS) is 11.4. The number of nitrogens with zero attached hydrogens (tertiary/aromatic N) is 2. The molecule has 0 bridgehead atoms. The summed E-state index contributed by atoms with van der Waals surface area (Å²) in [5.41, 5.74) is 1.30. The van der Waals surface area contributed by atoms with Crippen LogP contribution in [0.15, 0.2) is 53.4 Å². The second-order valence-electron chi connectivity index (χ2n) is 6.28. The fourth-order valence-corrected chi connectivity index (χ4v) is 4.27. The lowest BCUT2D eigenvalue weighted by atomic mass is 10.2. The van der Waals surface area contributed by atoms with Crippen LogP contribution >= 0.6 is 11.3 Å². The first-order valence-electron chi connectivity index (χ1n) is 8.79. The van der Waals surface area contributed by atoms with E-state index in [4.69, 9.17) is 0 Å². The molecule has 0 atom stereocenters. The highest BCUT2D eigenvalue weighted by Gasteiger charge is 2.14. The number of rotatable bonds is 8. The maximum atomic E-state index is 12.9. The van der Waals surface area contributed by atoms with Gasteiger partial charge in [0.1, 0.15) is 10.8 Å². The van der Waals surface area contributed by atoms with Gasteiger partial charge in [0.25, 0.3) is 5.91 Å². The fraction of sp³-hybridized carbons (Fsp3) is 0.211. The zero-order valence-electron chi connectivity index (χ0n) is 15.6. The molecule has 1 amide bonds. The van der Waals surface area contributed by atoms with Crippen molar-refractivity contribution in [3.05, 3.63) is 70.5 Å². The largest absolute Gasteiger partial charge is 0.296 e. The molecule has 29 heavy (non-hydrogen) atoms. The fourth-order valence-electron chi connectivity index (χ4n) is 2.42. The van der Waals surface area contributed by atoms with Crippen molar-refractivity contribution in [1.82, 2.24) is 14.9 Å². The maximum absolute atomic E-state index is 12.9. The van der Waals surface area contributed by atoms with E-state index in [2.05, 4.69) is 20.2 Å². The zero-order chi connectivity index (χ0) is 20.9. The van der Waals surface area contributed by atoms with E-state index in [0.717, 1.165) is 5.56 Å². The van der Waals surface area contributed by atoms with Gasteiger partial charge in [-0.1, -0.05) is 29.0 Å². The molecule has 1 aromatic heterocycles. The molecular weight excluding hydrogens is 415 g/mol. The van der Waals surface area contributed by atoms with Gasteiger partial charge in [-0.2, -0.15) is 0 Å². The SMILES string of the molecule is Cc1ccc(S(=O)(=O)NCCCc2nnc(NC(=O)c3ccc(F)cc3)s2)cc1. The third-order valence-corrected chi connectivity index (χ3v) is 6.36. The highest BCUT2D eigenvalue weighted by atomic mass is 32.2. The molecule has 7 nitrogen and oxygen atoms in total. The average molecular weight is 435 g/mol. The van der Waals surface area contributed by atoms with Gasteiger partial charge in [0, 0.05) is 18.5 Å². The number of nitrogens with one attached hydrogen (secondary N) is 2. The Morgan fingerprint density at radius 2 is 1.76 bits per heavy atom. The third-order valence-electron chi connectivity index (χ3n) is 3.98. The molecule has 0 fully saturated rings. The number of aryl methyl sites for hydroxylation is 2. The van der Waals surface area contributed by atoms with Crippen LogP contribution in [0.3, 0.4) is 0 Å². The Bertz CT molecular complexity index is 1080. The summed E-state index contributed by atoms with van der Waals surface area (Å²) in [5.74, 6) is -0.823. The number of sulfonamides is 1. The molecule has 1 heterocycles. The van der Waals surface area contributed by atoms with Gasteiger partial charge in [0.05, 0.1) is 4.90 Å². The number of carbonyl (C=O) groups is 1. The van der Waals surface area contributed by atoms with Gasteiger partial charge in [-0.25, -0.2) is 17.5 Å². The van der Waals surface area contributed by atoms with Crippen LogP contribution in [0.1, 0.15) is 27.3 Å². The van der Waals surface area contributed by atoms with Crippen molar-refractivity contribution in [3.63, 3.8) is 0 Å².